The predicted octanol–water partition coefficient (Wildman–Crippen LogP) is 4.36. The van der Waals surface area contributed by atoms with Crippen molar-refractivity contribution in [3.05, 3.63) is 52.8 Å². The van der Waals surface area contributed by atoms with Crippen LogP contribution in [-0.2, 0) is 5.75 Å². The van der Waals surface area contributed by atoms with Crippen molar-refractivity contribution in [3.63, 3.8) is 0 Å². The molecule has 0 aromatic heterocycles. The summed E-state index contributed by atoms with van der Waals surface area (Å²) in [5, 5.41) is 0.138. The van der Waals surface area contributed by atoms with Gasteiger partial charge in [-0.3, -0.25) is 0 Å². The van der Waals surface area contributed by atoms with E-state index in [4.69, 9.17) is 22.1 Å². The fraction of sp³-hybridized carbons (Fsp3) is 0.143. The number of methoxy groups -OCH3 is 1. The van der Waals surface area contributed by atoms with Crippen LogP contribution in [0.15, 0.2) is 41.3 Å². The van der Waals surface area contributed by atoms with Gasteiger partial charge in [0.25, 0.3) is 0 Å². The summed E-state index contributed by atoms with van der Waals surface area (Å²) < 4.78 is 18.6. The average Bonchev–Trinajstić information content (AvgIpc) is 2.41. The molecule has 0 saturated carbocycles. The molecule has 0 saturated heterocycles. The lowest BCUT2D eigenvalue weighted by atomic mass is 10.2. The number of benzene rings is 2. The van der Waals surface area contributed by atoms with Gasteiger partial charge in [0.05, 0.1) is 12.1 Å². The molecule has 2 aromatic carbocycles. The zero-order valence-corrected chi connectivity index (χ0v) is 11.9. The summed E-state index contributed by atoms with van der Waals surface area (Å²) in [6.45, 7) is 0. The molecule has 0 bridgehead atoms. The molecule has 0 heterocycles. The van der Waals surface area contributed by atoms with E-state index >= 15 is 0 Å². The molecule has 0 radical (unpaired) electrons. The number of rotatable bonds is 4. The highest BCUT2D eigenvalue weighted by Gasteiger charge is 2.06. The molecule has 5 heteroatoms. The first kappa shape index (κ1) is 14.0. The molecule has 0 aliphatic heterocycles. The van der Waals surface area contributed by atoms with E-state index in [0.717, 1.165) is 16.2 Å². The highest BCUT2D eigenvalue weighted by molar-refractivity contribution is 7.98. The molecule has 0 aliphatic carbocycles. The van der Waals surface area contributed by atoms with Gasteiger partial charge in [-0.2, -0.15) is 0 Å². The highest BCUT2D eigenvalue weighted by atomic mass is 35.5. The van der Waals surface area contributed by atoms with Gasteiger partial charge in [0, 0.05) is 22.4 Å². The fourth-order valence-electron chi connectivity index (χ4n) is 1.59. The van der Waals surface area contributed by atoms with Gasteiger partial charge in [-0.05, 0) is 29.8 Å². The number of nitrogen functional groups attached to an aromatic ring is 1. The largest absolute Gasteiger partial charge is 0.496 e. The molecule has 19 heavy (non-hydrogen) atoms. The van der Waals surface area contributed by atoms with Crippen LogP contribution in [0.25, 0.3) is 0 Å². The Morgan fingerprint density at radius 3 is 2.74 bits per heavy atom. The van der Waals surface area contributed by atoms with E-state index < -0.39 is 5.82 Å². The molecule has 0 amide bonds. The predicted molar refractivity (Wildman–Crippen MR) is 78.4 cm³/mol. The van der Waals surface area contributed by atoms with E-state index in [1.54, 1.807) is 31.0 Å². The lowest BCUT2D eigenvalue weighted by Gasteiger charge is -2.09. The standard InChI is InChI=1S/C14H13ClFNOS/c1-18-13-7-10(17)3-5-14(13)19-8-9-2-4-11(15)12(16)6-9/h2-7H,8,17H2,1H3. The molecular formula is C14H13ClFNOS. The summed E-state index contributed by atoms with van der Waals surface area (Å²) >= 11 is 7.20. The number of nitrogens with two attached hydrogens (primary N) is 1. The van der Waals surface area contributed by atoms with Crippen molar-refractivity contribution < 1.29 is 9.13 Å². The van der Waals surface area contributed by atoms with Crippen molar-refractivity contribution >= 4 is 29.1 Å². The summed E-state index contributed by atoms with van der Waals surface area (Å²) in [4.78, 5) is 0.965. The van der Waals surface area contributed by atoms with Crippen molar-refractivity contribution in [3.8, 4) is 5.75 Å². The van der Waals surface area contributed by atoms with Crippen LogP contribution in [0.3, 0.4) is 0 Å². The third kappa shape index (κ3) is 3.55. The van der Waals surface area contributed by atoms with Gasteiger partial charge in [0.15, 0.2) is 0 Å². The maximum absolute atomic E-state index is 13.3. The first-order valence-corrected chi connectivity index (χ1v) is 6.96. The first-order valence-electron chi connectivity index (χ1n) is 5.60. The van der Waals surface area contributed by atoms with Gasteiger partial charge in [0.1, 0.15) is 11.6 Å². The van der Waals surface area contributed by atoms with E-state index in [-0.39, 0.29) is 5.02 Å². The van der Waals surface area contributed by atoms with E-state index in [0.29, 0.717) is 11.4 Å². The van der Waals surface area contributed by atoms with Crippen molar-refractivity contribution in [2.75, 3.05) is 12.8 Å². The Kier molecular flexibility index (Phi) is 4.56. The number of halogens is 2. The minimum absolute atomic E-state index is 0.138. The lowest BCUT2D eigenvalue weighted by Crippen LogP contribution is -1.91. The number of hydrogen-bond acceptors (Lipinski definition) is 3. The molecular weight excluding hydrogens is 285 g/mol. The first-order chi connectivity index (χ1) is 9.10. The van der Waals surface area contributed by atoms with Crippen LogP contribution >= 0.6 is 23.4 Å². The van der Waals surface area contributed by atoms with Gasteiger partial charge in [-0.25, -0.2) is 4.39 Å². The Hall–Kier alpha value is -1.39. The van der Waals surface area contributed by atoms with Crippen LogP contribution in [0.5, 0.6) is 5.75 Å². The monoisotopic (exact) mass is 297 g/mol. The smallest absolute Gasteiger partial charge is 0.142 e. The minimum Gasteiger partial charge on any atom is -0.496 e. The topological polar surface area (TPSA) is 35.2 Å². The van der Waals surface area contributed by atoms with E-state index in [2.05, 4.69) is 0 Å². The Morgan fingerprint density at radius 2 is 2.05 bits per heavy atom. The van der Waals surface area contributed by atoms with Crippen molar-refractivity contribution in [1.82, 2.24) is 0 Å². The van der Waals surface area contributed by atoms with Crippen LogP contribution in [0, 0.1) is 5.82 Å². The maximum atomic E-state index is 13.3. The summed E-state index contributed by atoms with van der Waals surface area (Å²) in [7, 11) is 1.60. The summed E-state index contributed by atoms with van der Waals surface area (Å²) in [5.74, 6) is 0.956. The second-order valence-electron chi connectivity index (χ2n) is 3.95. The summed E-state index contributed by atoms with van der Waals surface area (Å²) in [6, 6.07) is 10.3. The summed E-state index contributed by atoms with van der Waals surface area (Å²) in [5.41, 5.74) is 7.21. The number of hydrogen-bond donors (Lipinski definition) is 1. The average molecular weight is 298 g/mol. The molecule has 2 nitrogen and oxygen atoms in total. The van der Waals surface area contributed by atoms with Crippen molar-refractivity contribution in [1.29, 1.82) is 0 Å². The van der Waals surface area contributed by atoms with Crippen LogP contribution in [0.2, 0.25) is 5.02 Å². The fourth-order valence-corrected chi connectivity index (χ4v) is 2.66. The molecule has 0 unspecified atom stereocenters. The van der Waals surface area contributed by atoms with E-state index in [1.165, 1.54) is 6.07 Å². The third-order valence-electron chi connectivity index (χ3n) is 2.57. The molecule has 2 N–H and O–H groups in total. The molecule has 0 atom stereocenters. The molecule has 2 rings (SSSR count). The van der Waals surface area contributed by atoms with Gasteiger partial charge in [-0.1, -0.05) is 17.7 Å². The summed E-state index contributed by atoms with van der Waals surface area (Å²) in [6.07, 6.45) is 0. The normalized spacial score (nSPS) is 10.5. The number of anilines is 1. The third-order valence-corrected chi connectivity index (χ3v) is 4.00. The molecule has 0 spiro atoms. The van der Waals surface area contributed by atoms with Crippen LogP contribution < -0.4 is 10.5 Å². The van der Waals surface area contributed by atoms with Crippen LogP contribution in [0.4, 0.5) is 10.1 Å². The van der Waals surface area contributed by atoms with Crippen molar-refractivity contribution in [2.45, 2.75) is 10.6 Å². The zero-order valence-electron chi connectivity index (χ0n) is 10.3. The molecule has 100 valence electrons. The minimum atomic E-state index is -0.399. The Labute approximate surface area is 120 Å². The Bertz CT molecular complexity index is 592. The van der Waals surface area contributed by atoms with Gasteiger partial charge >= 0.3 is 0 Å². The molecule has 0 aliphatic rings. The second-order valence-corrected chi connectivity index (χ2v) is 5.37. The molecule has 2 aromatic rings. The van der Waals surface area contributed by atoms with Gasteiger partial charge < -0.3 is 10.5 Å². The lowest BCUT2D eigenvalue weighted by molar-refractivity contribution is 0.405. The van der Waals surface area contributed by atoms with Gasteiger partial charge in [-0.15, -0.1) is 11.8 Å². The maximum Gasteiger partial charge on any atom is 0.142 e. The molecule has 0 fully saturated rings. The van der Waals surface area contributed by atoms with Crippen LogP contribution in [-0.4, -0.2) is 7.11 Å². The van der Waals surface area contributed by atoms with Crippen LogP contribution in [0.1, 0.15) is 5.56 Å². The van der Waals surface area contributed by atoms with Crippen molar-refractivity contribution in [2.24, 2.45) is 0 Å². The number of ether oxygens (including phenoxy) is 1. The Morgan fingerprint density at radius 1 is 1.26 bits per heavy atom. The quantitative estimate of drug-likeness (QED) is 0.672. The Balaban J connectivity index is 2.12. The second kappa shape index (κ2) is 6.17. The van der Waals surface area contributed by atoms with Gasteiger partial charge in [0.2, 0.25) is 0 Å². The zero-order chi connectivity index (χ0) is 13.8. The highest BCUT2D eigenvalue weighted by Crippen LogP contribution is 2.33. The van der Waals surface area contributed by atoms with E-state index in [9.17, 15) is 4.39 Å². The SMILES string of the molecule is COc1cc(N)ccc1SCc1ccc(Cl)c(F)c1. The van der Waals surface area contributed by atoms with E-state index in [1.807, 2.05) is 18.2 Å². The number of thioether (sulfide) groups is 1.